The van der Waals surface area contributed by atoms with Crippen molar-refractivity contribution in [2.45, 2.75) is 59.3 Å². The Hall–Kier alpha value is -1.05. The van der Waals surface area contributed by atoms with Crippen LogP contribution in [0.5, 0.6) is 0 Å². The second-order valence-corrected chi connectivity index (χ2v) is 4.49. The van der Waals surface area contributed by atoms with Gasteiger partial charge >= 0.3 is 5.97 Å². The molecule has 0 spiro atoms. The van der Waals surface area contributed by atoms with Crippen LogP contribution >= 0.6 is 0 Å². The number of allylic oxidation sites excluding steroid dienone is 3. The highest BCUT2D eigenvalue weighted by Crippen LogP contribution is 2.19. The maximum absolute atomic E-state index is 11.7. The number of unbranched alkanes of at least 4 members (excludes halogenated alkanes) is 1. The first-order valence-electron chi connectivity index (χ1n) is 6.64. The molecule has 2 heteroatoms. The van der Waals surface area contributed by atoms with E-state index in [1.165, 1.54) is 12.8 Å². The van der Waals surface area contributed by atoms with Gasteiger partial charge < -0.3 is 4.74 Å². The minimum Gasteiger partial charge on any atom is -0.431 e. The lowest BCUT2D eigenvalue weighted by atomic mass is 9.94. The first-order chi connectivity index (χ1) is 8.13. The zero-order chi connectivity index (χ0) is 13.1. The van der Waals surface area contributed by atoms with Gasteiger partial charge in [-0.3, -0.25) is 4.79 Å². The van der Waals surface area contributed by atoms with Gasteiger partial charge in [0.05, 0.1) is 0 Å². The quantitative estimate of drug-likeness (QED) is 0.333. The van der Waals surface area contributed by atoms with Crippen LogP contribution < -0.4 is 0 Å². The van der Waals surface area contributed by atoms with E-state index in [9.17, 15) is 4.79 Å². The third-order valence-electron chi connectivity index (χ3n) is 2.75. The summed E-state index contributed by atoms with van der Waals surface area (Å²) < 4.78 is 5.20. The first-order valence-corrected chi connectivity index (χ1v) is 6.64. The van der Waals surface area contributed by atoms with Crippen molar-refractivity contribution in [2.75, 3.05) is 0 Å². The SMILES string of the molecule is C=CC=C(C)OC(=O)CC(CCC)CCCC. The van der Waals surface area contributed by atoms with Gasteiger partial charge in [0.15, 0.2) is 0 Å². The molecule has 0 saturated carbocycles. The number of hydrogen-bond acceptors (Lipinski definition) is 2. The van der Waals surface area contributed by atoms with Crippen molar-refractivity contribution >= 4 is 5.97 Å². The van der Waals surface area contributed by atoms with Gasteiger partial charge in [0.25, 0.3) is 0 Å². The van der Waals surface area contributed by atoms with Crippen LogP contribution in [0.1, 0.15) is 59.3 Å². The van der Waals surface area contributed by atoms with Gasteiger partial charge in [-0.2, -0.15) is 0 Å². The Morgan fingerprint density at radius 2 is 2.00 bits per heavy atom. The fourth-order valence-corrected chi connectivity index (χ4v) is 1.91. The molecular weight excluding hydrogens is 212 g/mol. The third-order valence-corrected chi connectivity index (χ3v) is 2.75. The molecular formula is C15H26O2. The molecule has 0 bridgehead atoms. The summed E-state index contributed by atoms with van der Waals surface area (Å²) in [5.41, 5.74) is 0. The Kier molecular flexibility index (Phi) is 9.50. The minimum atomic E-state index is -0.116. The van der Waals surface area contributed by atoms with Crippen molar-refractivity contribution in [3.05, 3.63) is 24.5 Å². The molecule has 0 aromatic heterocycles. The summed E-state index contributed by atoms with van der Waals surface area (Å²) >= 11 is 0. The average Bonchev–Trinajstić information content (AvgIpc) is 2.26. The van der Waals surface area contributed by atoms with Gasteiger partial charge in [-0.15, -0.1) is 0 Å². The van der Waals surface area contributed by atoms with Gasteiger partial charge in [0.2, 0.25) is 0 Å². The Bertz CT molecular complexity index is 254. The van der Waals surface area contributed by atoms with Crippen LogP contribution in [0.2, 0.25) is 0 Å². The Morgan fingerprint density at radius 1 is 1.29 bits per heavy atom. The first kappa shape index (κ1) is 16.0. The number of carbonyl (C=O) groups is 1. The van der Waals surface area contributed by atoms with E-state index in [1.807, 2.05) is 0 Å². The van der Waals surface area contributed by atoms with Gasteiger partial charge in [-0.25, -0.2) is 0 Å². The van der Waals surface area contributed by atoms with E-state index in [0.717, 1.165) is 19.3 Å². The van der Waals surface area contributed by atoms with Crippen LogP contribution in [0.3, 0.4) is 0 Å². The molecule has 1 atom stereocenters. The molecule has 0 aliphatic heterocycles. The lowest BCUT2D eigenvalue weighted by Crippen LogP contribution is -2.11. The van der Waals surface area contributed by atoms with Crippen molar-refractivity contribution in [1.82, 2.24) is 0 Å². The predicted octanol–water partition coefficient (Wildman–Crippen LogP) is 4.62. The molecule has 0 saturated heterocycles. The number of hydrogen-bond donors (Lipinski definition) is 0. The zero-order valence-electron chi connectivity index (χ0n) is 11.5. The Labute approximate surface area is 106 Å². The van der Waals surface area contributed by atoms with Crippen molar-refractivity contribution in [1.29, 1.82) is 0 Å². The monoisotopic (exact) mass is 238 g/mol. The molecule has 0 aromatic rings. The summed E-state index contributed by atoms with van der Waals surface area (Å²) in [6, 6.07) is 0. The lowest BCUT2D eigenvalue weighted by molar-refractivity contribution is -0.140. The number of rotatable bonds is 9. The second kappa shape index (κ2) is 10.1. The molecule has 0 aromatic carbocycles. The fourth-order valence-electron chi connectivity index (χ4n) is 1.91. The van der Waals surface area contributed by atoms with Crippen LogP contribution in [-0.2, 0) is 9.53 Å². The van der Waals surface area contributed by atoms with Crippen molar-refractivity contribution < 1.29 is 9.53 Å². The lowest BCUT2D eigenvalue weighted by Gasteiger charge is -2.14. The van der Waals surface area contributed by atoms with E-state index < -0.39 is 0 Å². The maximum Gasteiger partial charge on any atom is 0.311 e. The smallest absolute Gasteiger partial charge is 0.311 e. The number of carbonyl (C=O) groups excluding carboxylic acids is 1. The molecule has 17 heavy (non-hydrogen) atoms. The van der Waals surface area contributed by atoms with Crippen molar-refractivity contribution in [2.24, 2.45) is 5.92 Å². The predicted molar refractivity (Wildman–Crippen MR) is 72.6 cm³/mol. The van der Waals surface area contributed by atoms with Crippen LogP contribution in [0.15, 0.2) is 24.5 Å². The molecule has 0 heterocycles. The highest BCUT2D eigenvalue weighted by Gasteiger charge is 2.14. The minimum absolute atomic E-state index is 0.116. The summed E-state index contributed by atoms with van der Waals surface area (Å²) in [4.78, 5) is 11.7. The van der Waals surface area contributed by atoms with Crippen LogP contribution in [0, 0.1) is 5.92 Å². The zero-order valence-corrected chi connectivity index (χ0v) is 11.5. The van der Waals surface area contributed by atoms with E-state index in [-0.39, 0.29) is 5.97 Å². The van der Waals surface area contributed by atoms with E-state index >= 15 is 0 Å². The summed E-state index contributed by atoms with van der Waals surface area (Å²) in [6.45, 7) is 9.69. The van der Waals surface area contributed by atoms with Gasteiger partial charge in [0.1, 0.15) is 5.76 Å². The molecule has 0 N–H and O–H groups in total. The van der Waals surface area contributed by atoms with Gasteiger partial charge in [0, 0.05) is 6.42 Å². The highest BCUT2D eigenvalue weighted by atomic mass is 16.5. The highest BCUT2D eigenvalue weighted by molar-refractivity contribution is 5.70. The molecule has 1 unspecified atom stereocenters. The summed E-state index contributed by atoms with van der Waals surface area (Å²) in [5, 5.41) is 0. The van der Waals surface area contributed by atoms with E-state index in [1.54, 1.807) is 19.1 Å². The molecule has 0 fully saturated rings. The summed E-state index contributed by atoms with van der Waals surface area (Å²) in [5.74, 6) is 0.981. The second-order valence-electron chi connectivity index (χ2n) is 4.49. The van der Waals surface area contributed by atoms with Gasteiger partial charge in [-0.1, -0.05) is 52.2 Å². The van der Waals surface area contributed by atoms with Crippen molar-refractivity contribution in [3.63, 3.8) is 0 Å². The third kappa shape index (κ3) is 8.73. The van der Waals surface area contributed by atoms with Crippen molar-refractivity contribution in [3.8, 4) is 0 Å². The maximum atomic E-state index is 11.7. The summed E-state index contributed by atoms with van der Waals surface area (Å²) in [7, 11) is 0. The standard InChI is InChI=1S/C15H26O2/c1-5-8-11-14(10-7-3)12-15(16)17-13(4)9-6-2/h6,9,14H,2,5,7-8,10-12H2,1,3-4H3. The number of ether oxygens (including phenoxy) is 1. The van der Waals surface area contributed by atoms with Gasteiger partial charge in [-0.05, 0) is 25.3 Å². The molecule has 0 amide bonds. The molecule has 0 aliphatic rings. The van der Waals surface area contributed by atoms with E-state index in [2.05, 4.69) is 20.4 Å². The summed E-state index contributed by atoms with van der Waals surface area (Å²) in [6.07, 6.45) is 9.62. The Balaban J connectivity index is 4.10. The van der Waals surface area contributed by atoms with Crippen LogP contribution in [0.4, 0.5) is 0 Å². The molecule has 0 radical (unpaired) electrons. The molecule has 0 rings (SSSR count). The van der Waals surface area contributed by atoms with Crippen LogP contribution in [-0.4, -0.2) is 5.97 Å². The number of esters is 1. The molecule has 0 aliphatic carbocycles. The topological polar surface area (TPSA) is 26.3 Å². The molecule has 98 valence electrons. The average molecular weight is 238 g/mol. The molecule has 2 nitrogen and oxygen atoms in total. The van der Waals surface area contributed by atoms with E-state index in [4.69, 9.17) is 4.74 Å². The normalized spacial score (nSPS) is 13.2. The fraction of sp³-hybridized carbons (Fsp3) is 0.667. The Morgan fingerprint density at radius 3 is 2.53 bits per heavy atom. The largest absolute Gasteiger partial charge is 0.431 e. The van der Waals surface area contributed by atoms with E-state index in [0.29, 0.717) is 18.1 Å². The van der Waals surface area contributed by atoms with Crippen LogP contribution in [0.25, 0.3) is 0 Å².